The fourth-order valence-electron chi connectivity index (χ4n) is 3.16. The minimum atomic E-state index is 0.793. The molecule has 3 heterocycles. The average molecular weight is 315 g/mol. The van der Waals surface area contributed by atoms with Gasteiger partial charge >= 0.3 is 0 Å². The van der Waals surface area contributed by atoms with Crippen LogP contribution in [0.3, 0.4) is 0 Å². The van der Waals surface area contributed by atoms with Crippen LogP contribution in [0.2, 0.25) is 0 Å². The van der Waals surface area contributed by atoms with Crippen molar-refractivity contribution in [3.05, 3.63) is 20.8 Å². The first-order valence-corrected chi connectivity index (χ1v) is 8.07. The highest BCUT2D eigenvalue weighted by Crippen LogP contribution is 2.30. The molecule has 0 radical (unpaired) electrons. The Labute approximate surface area is 116 Å². The van der Waals surface area contributed by atoms with Gasteiger partial charge < -0.3 is 0 Å². The highest BCUT2D eigenvalue weighted by Gasteiger charge is 2.34. The van der Waals surface area contributed by atoms with Crippen LogP contribution in [-0.4, -0.2) is 42.0 Å². The Morgan fingerprint density at radius 3 is 2.94 bits per heavy atom. The third kappa shape index (κ3) is 2.46. The molecule has 1 aromatic rings. The van der Waals surface area contributed by atoms with Gasteiger partial charge in [0.1, 0.15) is 0 Å². The molecule has 0 amide bonds. The first-order valence-electron chi connectivity index (χ1n) is 6.40. The zero-order valence-electron chi connectivity index (χ0n) is 10.2. The Kier molecular flexibility index (Phi) is 3.57. The van der Waals surface area contributed by atoms with Gasteiger partial charge in [-0.05, 0) is 53.7 Å². The van der Waals surface area contributed by atoms with Gasteiger partial charge in [-0.15, -0.1) is 11.3 Å². The van der Waals surface area contributed by atoms with Crippen molar-refractivity contribution in [2.75, 3.05) is 20.1 Å². The largest absolute Gasteiger partial charge is 0.299 e. The van der Waals surface area contributed by atoms with Crippen LogP contribution in [0.15, 0.2) is 15.9 Å². The molecule has 4 heteroatoms. The maximum Gasteiger partial charge on any atom is 0.0339 e. The second-order valence-electron chi connectivity index (χ2n) is 5.27. The molecule has 0 aliphatic carbocycles. The van der Waals surface area contributed by atoms with Gasteiger partial charge in [-0.1, -0.05) is 0 Å². The van der Waals surface area contributed by atoms with Crippen molar-refractivity contribution in [1.82, 2.24) is 9.80 Å². The Morgan fingerprint density at radius 1 is 1.35 bits per heavy atom. The van der Waals surface area contributed by atoms with Crippen LogP contribution in [0.25, 0.3) is 0 Å². The minimum Gasteiger partial charge on any atom is -0.299 e. The first kappa shape index (κ1) is 12.2. The summed E-state index contributed by atoms with van der Waals surface area (Å²) in [6.45, 7) is 3.63. The van der Waals surface area contributed by atoms with Gasteiger partial charge in [-0.3, -0.25) is 9.80 Å². The second kappa shape index (κ2) is 5.00. The number of nitrogens with zero attached hydrogens (tertiary/aromatic N) is 2. The number of likely N-dealkylation sites (tertiary alicyclic amines) is 1. The van der Waals surface area contributed by atoms with Gasteiger partial charge in [0, 0.05) is 41.1 Å². The van der Waals surface area contributed by atoms with Crippen molar-refractivity contribution < 1.29 is 0 Å². The van der Waals surface area contributed by atoms with Crippen molar-refractivity contribution in [3.63, 3.8) is 0 Å². The van der Waals surface area contributed by atoms with E-state index in [0.29, 0.717) is 0 Å². The fourth-order valence-corrected chi connectivity index (χ4v) is 4.68. The summed E-state index contributed by atoms with van der Waals surface area (Å²) in [6, 6.07) is 3.80. The number of halogens is 1. The number of hydrogen-bond acceptors (Lipinski definition) is 3. The second-order valence-corrected chi connectivity index (χ2v) is 7.12. The molecule has 0 N–H and O–H groups in total. The Bertz CT molecular complexity index is 393. The standard InChI is InChI=1S/C13H19BrN2S/c1-15-10-2-3-11(15)8-16(6-4-10)9-13-12(14)5-7-17-13/h5,7,10-11H,2-4,6,8-9H2,1H3. The smallest absolute Gasteiger partial charge is 0.0339 e. The Balaban J connectivity index is 1.67. The lowest BCUT2D eigenvalue weighted by atomic mass is 10.1. The first-order chi connectivity index (χ1) is 8.24. The van der Waals surface area contributed by atoms with Crippen molar-refractivity contribution >= 4 is 27.3 Å². The summed E-state index contributed by atoms with van der Waals surface area (Å²) in [5.41, 5.74) is 0. The van der Waals surface area contributed by atoms with Crippen LogP contribution >= 0.6 is 27.3 Å². The maximum atomic E-state index is 3.64. The number of hydrogen-bond donors (Lipinski definition) is 0. The van der Waals surface area contributed by atoms with E-state index in [0.717, 1.165) is 18.6 Å². The summed E-state index contributed by atoms with van der Waals surface area (Å²) < 4.78 is 1.28. The maximum absolute atomic E-state index is 3.64. The molecule has 17 heavy (non-hydrogen) atoms. The average Bonchev–Trinajstić information content (AvgIpc) is 2.78. The number of rotatable bonds is 2. The molecule has 0 saturated carbocycles. The Morgan fingerprint density at radius 2 is 2.18 bits per heavy atom. The van der Waals surface area contributed by atoms with Crippen molar-refractivity contribution in [2.24, 2.45) is 0 Å². The van der Waals surface area contributed by atoms with E-state index < -0.39 is 0 Å². The predicted molar refractivity (Wildman–Crippen MR) is 76.5 cm³/mol. The normalized spacial score (nSPS) is 30.7. The quantitative estimate of drug-likeness (QED) is 0.827. The molecule has 1 aromatic heterocycles. The van der Waals surface area contributed by atoms with Crippen molar-refractivity contribution in [3.8, 4) is 0 Å². The van der Waals surface area contributed by atoms with Gasteiger partial charge in [0.05, 0.1) is 0 Å². The van der Waals surface area contributed by atoms with Crippen molar-refractivity contribution in [1.29, 1.82) is 0 Å². The van der Waals surface area contributed by atoms with Crippen LogP contribution in [0.1, 0.15) is 24.1 Å². The molecule has 2 aliphatic heterocycles. The van der Waals surface area contributed by atoms with E-state index in [1.165, 1.54) is 41.7 Å². The van der Waals surface area contributed by atoms with Gasteiger partial charge in [-0.25, -0.2) is 0 Å². The van der Waals surface area contributed by atoms with E-state index in [4.69, 9.17) is 0 Å². The van der Waals surface area contributed by atoms with Crippen molar-refractivity contribution in [2.45, 2.75) is 37.9 Å². The molecular formula is C13H19BrN2S. The number of fused-ring (bicyclic) bond motifs is 2. The van der Waals surface area contributed by atoms with E-state index >= 15 is 0 Å². The van der Waals surface area contributed by atoms with Crippen LogP contribution in [0.5, 0.6) is 0 Å². The summed E-state index contributed by atoms with van der Waals surface area (Å²) >= 11 is 5.51. The van der Waals surface area contributed by atoms with Crippen LogP contribution < -0.4 is 0 Å². The molecule has 0 aromatic carbocycles. The third-order valence-electron chi connectivity index (χ3n) is 4.29. The minimum absolute atomic E-state index is 0.793. The zero-order chi connectivity index (χ0) is 11.8. The molecule has 3 rings (SSSR count). The summed E-state index contributed by atoms with van der Waals surface area (Å²) in [5, 5.41) is 2.18. The molecule has 2 saturated heterocycles. The topological polar surface area (TPSA) is 6.48 Å². The summed E-state index contributed by atoms with van der Waals surface area (Å²) in [4.78, 5) is 6.73. The lowest BCUT2D eigenvalue weighted by Gasteiger charge is -2.25. The monoisotopic (exact) mass is 314 g/mol. The highest BCUT2D eigenvalue weighted by molar-refractivity contribution is 9.10. The van der Waals surface area contributed by atoms with Gasteiger partial charge in [0.2, 0.25) is 0 Å². The zero-order valence-corrected chi connectivity index (χ0v) is 12.6. The summed E-state index contributed by atoms with van der Waals surface area (Å²) in [5.74, 6) is 0. The molecule has 2 bridgehead atoms. The van der Waals surface area contributed by atoms with Crippen LogP contribution in [-0.2, 0) is 6.54 Å². The lowest BCUT2D eigenvalue weighted by molar-refractivity contribution is 0.215. The third-order valence-corrected chi connectivity index (χ3v) is 6.20. The molecule has 0 spiro atoms. The molecule has 2 atom stereocenters. The SMILES string of the molecule is CN1C2CCC1CN(Cc1sccc1Br)CC2. The van der Waals surface area contributed by atoms with E-state index in [9.17, 15) is 0 Å². The predicted octanol–water partition coefficient (Wildman–Crippen LogP) is 3.18. The molecule has 2 aliphatic rings. The van der Waals surface area contributed by atoms with Gasteiger partial charge in [-0.2, -0.15) is 0 Å². The number of likely N-dealkylation sites (N-methyl/N-ethyl adjacent to an activating group) is 1. The van der Waals surface area contributed by atoms with E-state index in [1.54, 1.807) is 0 Å². The summed E-state index contributed by atoms with van der Waals surface area (Å²) in [7, 11) is 2.31. The van der Waals surface area contributed by atoms with Crippen LogP contribution in [0, 0.1) is 0 Å². The molecule has 94 valence electrons. The molecule has 2 fully saturated rings. The fraction of sp³-hybridized carbons (Fsp3) is 0.692. The molecule has 2 nitrogen and oxygen atoms in total. The number of thiophene rings is 1. The molecule has 2 unspecified atom stereocenters. The highest BCUT2D eigenvalue weighted by atomic mass is 79.9. The van der Waals surface area contributed by atoms with Crippen LogP contribution in [0.4, 0.5) is 0 Å². The van der Waals surface area contributed by atoms with Gasteiger partial charge in [0.25, 0.3) is 0 Å². The molecular weight excluding hydrogens is 296 g/mol. The summed E-state index contributed by atoms with van der Waals surface area (Å²) in [6.07, 6.45) is 4.15. The van der Waals surface area contributed by atoms with E-state index in [2.05, 4.69) is 44.2 Å². The van der Waals surface area contributed by atoms with E-state index in [1.807, 2.05) is 11.3 Å². The lowest BCUT2D eigenvalue weighted by Crippen LogP contribution is -2.36. The van der Waals surface area contributed by atoms with Gasteiger partial charge in [0.15, 0.2) is 0 Å². The van der Waals surface area contributed by atoms with E-state index in [-0.39, 0.29) is 0 Å². The Hall–Kier alpha value is 0.100.